The topological polar surface area (TPSA) is 38.3 Å². The number of esters is 1. The number of hydrogen-bond donors (Lipinski definition) is 1. The van der Waals surface area contributed by atoms with Crippen LogP contribution in [0.25, 0.3) is 0 Å². The van der Waals surface area contributed by atoms with Crippen molar-refractivity contribution in [3.05, 3.63) is 29.6 Å². The fourth-order valence-corrected chi connectivity index (χ4v) is 1.15. The predicted molar refractivity (Wildman–Crippen MR) is 52.3 cm³/mol. The van der Waals surface area contributed by atoms with Crippen molar-refractivity contribution < 1.29 is 27.1 Å². The second-order valence-corrected chi connectivity index (χ2v) is 3.15. The lowest BCUT2D eigenvalue weighted by Gasteiger charge is -2.12. The molecule has 0 bridgehead atoms. The molecule has 94 valence electrons. The second kappa shape index (κ2) is 5.03. The maximum absolute atomic E-state index is 12.9. The number of alkyl halides is 3. The molecule has 0 unspecified atom stereocenters. The Hall–Kier alpha value is -1.79. The number of ether oxygens (including phenoxy) is 1. The van der Waals surface area contributed by atoms with E-state index in [0.29, 0.717) is 0 Å². The molecule has 0 aliphatic carbocycles. The molecule has 3 nitrogen and oxygen atoms in total. The van der Waals surface area contributed by atoms with E-state index in [2.05, 4.69) is 4.74 Å². The summed E-state index contributed by atoms with van der Waals surface area (Å²) in [6, 6.07) is 2.82. The van der Waals surface area contributed by atoms with Gasteiger partial charge in [0.15, 0.2) is 0 Å². The number of methoxy groups -OCH3 is 1. The molecule has 0 fully saturated rings. The average molecular weight is 251 g/mol. The summed E-state index contributed by atoms with van der Waals surface area (Å²) in [6.45, 7) is -1.36. The quantitative estimate of drug-likeness (QED) is 0.662. The van der Waals surface area contributed by atoms with Crippen LogP contribution in [-0.2, 0) is 4.74 Å². The van der Waals surface area contributed by atoms with Gasteiger partial charge in [-0.15, -0.1) is 0 Å². The van der Waals surface area contributed by atoms with E-state index < -0.39 is 24.5 Å². The zero-order chi connectivity index (χ0) is 13.1. The van der Waals surface area contributed by atoms with E-state index in [0.717, 1.165) is 25.3 Å². The third-order valence-electron chi connectivity index (χ3n) is 1.87. The smallest absolute Gasteiger partial charge is 0.405 e. The van der Waals surface area contributed by atoms with Gasteiger partial charge in [-0.25, -0.2) is 9.18 Å². The van der Waals surface area contributed by atoms with Crippen LogP contribution in [0.1, 0.15) is 10.4 Å². The number of anilines is 1. The van der Waals surface area contributed by atoms with Gasteiger partial charge in [-0.05, 0) is 18.2 Å². The van der Waals surface area contributed by atoms with Gasteiger partial charge in [-0.2, -0.15) is 13.2 Å². The van der Waals surface area contributed by atoms with Gasteiger partial charge < -0.3 is 10.1 Å². The van der Waals surface area contributed by atoms with Crippen molar-refractivity contribution in [1.82, 2.24) is 0 Å². The first-order valence-corrected chi connectivity index (χ1v) is 4.52. The molecule has 0 aliphatic rings. The number of benzene rings is 1. The van der Waals surface area contributed by atoms with E-state index in [1.807, 2.05) is 5.32 Å². The van der Waals surface area contributed by atoms with Crippen molar-refractivity contribution in [1.29, 1.82) is 0 Å². The first kappa shape index (κ1) is 13.3. The Morgan fingerprint density at radius 2 is 2.06 bits per heavy atom. The molecule has 0 aromatic heterocycles. The van der Waals surface area contributed by atoms with Crippen LogP contribution < -0.4 is 5.32 Å². The van der Waals surface area contributed by atoms with Crippen molar-refractivity contribution in [2.24, 2.45) is 0 Å². The summed E-state index contributed by atoms with van der Waals surface area (Å²) in [4.78, 5) is 11.2. The Morgan fingerprint density at radius 3 is 2.59 bits per heavy atom. The van der Waals surface area contributed by atoms with Gasteiger partial charge in [0.1, 0.15) is 12.4 Å². The molecule has 0 atom stereocenters. The standard InChI is InChI=1S/C10H9F4NO2/c1-17-9(16)7-3-2-6(11)4-8(7)15-5-10(12,13)14/h2-4,15H,5H2,1H3. The van der Waals surface area contributed by atoms with E-state index in [4.69, 9.17) is 0 Å². The van der Waals surface area contributed by atoms with Crippen molar-refractivity contribution >= 4 is 11.7 Å². The van der Waals surface area contributed by atoms with E-state index >= 15 is 0 Å². The molecule has 1 rings (SSSR count). The van der Waals surface area contributed by atoms with Crippen LogP contribution in [0, 0.1) is 5.82 Å². The molecule has 0 saturated carbocycles. The fourth-order valence-electron chi connectivity index (χ4n) is 1.15. The van der Waals surface area contributed by atoms with Crippen molar-refractivity contribution in [3.8, 4) is 0 Å². The first-order chi connectivity index (χ1) is 7.83. The van der Waals surface area contributed by atoms with Gasteiger partial charge in [0.2, 0.25) is 0 Å². The Bertz CT molecular complexity index is 417. The predicted octanol–water partition coefficient (Wildman–Crippen LogP) is 2.59. The Balaban J connectivity index is 2.95. The van der Waals surface area contributed by atoms with E-state index in [1.54, 1.807) is 0 Å². The van der Waals surface area contributed by atoms with Gasteiger partial charge >= 0.3 is 12.1 Å². The molecule has 0 spiro atoms. The molecule has 17 heavy (non-hydrogen) atoms. The minimum atomic E-state index is -4.46. The van der Waals surface area contributed by atoms with E-state index in [-0.39, 0.29) is 11.3 Å². The summed E-state index contributed by atoms with van der Waals surface area (Å²) in [5.41, 5.74) is -0.410. The maximum Gasteiger partial charge on any atom is 0.405 e. The normalized spacial score (nSPS) is 11.1. The van der Waals surface area contributed by atoms with Gasteiger partial charge in [0.25, 0.3) is 0 Å². The number of hydrogen-bond acceptors (Lipinski definition) is 3. The molecule has 0 saturated heterocycles. The maximum atomic E-state index is 12.9. The second-order valence-electron chi connectivity index (χ2n) is 3.15. The SMILES string of the molecule is COC(=O)c1ccc(F)cc1NCC(F)(F)F. The van der Waals surface area contributed by atoms with Crippen LogP contribution in [-0.4, -0.2) is 25.8 Å². The molecular formula is C10H9F4NO2. The zero-order valence-corrected chi connectivity index (χ0v) is 8.77. The van der Waals surface area contributed by atoms with Crippen LogP contribution in [0.5, 0.6) is 0 Å². The molecule has 0 aliphatic heterocycles. The lowest BCUT2D eigenvalue weighted by atomic mass is 10.1. The van der Waals surface area contributed by atoms with Crippen LogP contribution in [0.15, 0.2) is 18.2 Å². The summed E-state index contributed by atoms with van der Waals surface area (Å²) >= 11 is 0. The van der Waals surface area contributed by atoms with Crippen LogP contribution in [0.2, 0.25) is 0 Å². The van der Waals surface area contributed by atoms with E-state index in [1.165, 1.54) is 0 Å². The number of nitrogens with one attached hydrogen (secondary N) is 1. The largest absolute Gasteiger partial charge is 0.465 e. The van der Waals surface area contributed by atoms with Crippen molar-refractivity contribution in [2.75, 3.05) is 19.0 Å². The highest BCUT2D eigenvalue weighted by Crippen LogP contribution is 2.21. The average Bonchev–Trinajstić information content (AvgIpc) is 2.24. The first-order valence-electron chi connectivity index (χ1n) is 4.52. The number of rotatable bonds is 3. The Labute approximate surface area is 94.4 Å². The van der Waals surface area contributed by atoms with Gasteiger partial charge in [-0.1, -0.05) is 0 Å². The fraction of sp³-hybridized carbons (Fsp3) is 0.300. The molecule has 7 heteroatoms. The summed E-state index contributed by atoms with van der Waals surface area (Å²) in [7, 11) is 1.08. The lowest BCUT2D eigenvalue weighted by Crippen LogP contribution is -2.22. The Kier molecular flexibility index (Phi) is 3.93. The molecule has 0 heterocycles. The highest BCUT2D eigenvalue weighted by atomic mass is 19.4. The summed E-state index contributed by atoms with van der Waals surface area (Å²) in [5, 5.41) is 1.94. The molecule has 1 aromatic rings. The minimum Gasteiger partial charge on any atom is -0.465 e. The number of carbonyl (C=O) groups is 1. The van der Waals surface area contributed by atoms with Gasteiger partial charge in [0.05, 0.1) is 18.4 Å². The third kappa shape index (κ3) is 3.93. The molecular weight excluding hydrogens is 242 g/mol. The molecule has 0 radical (unpaired) electrons. The molecule has 0 amide bonds. The Morgan fingerprint density at radius 1 is 1.41 bits per heavy atom. The highest BCUT2D eigenvalue weighted by Gasteiger charge is 2.27. The number of carbonyl (C=O) groups excluding carboxylic acids is 1. The van der Waals surface area contributed by atoms with Crippen LogP contribution in [0.4, 0.5) is 23.2 Å². The zero-order valence-electron chi connectivity index (χ0n) is 8.77. The summed E-state index contributed by atoms with van der Waals surface area (Å²) < 4.78 is 53.2. The monoisotopic (exact) mass is 251 g/mol. The third-order valence-corrected chi connectivity index (χ3v) is 1.87. The summed E-state index contributed by atoms with van der Waals surface area (Å²) in [5.74, 6) is -1.59. The van der Waals surface area contributed by atoms with Crippen molar-refractivity contribution in [2.45, 2.75) is 6.18 Å². The molecule has 1 N–H and O–H groups in total. The molecule has 1 aromatic carbocycles. The van der Waals surface area contributed by atoms with Gasteiger partial charge in [0, 0.05) is 0 Å². The minimum absolute atomic E-state index is 0.154. The van der Waals surface area contributed by atoms with Crippen LogP contribution in [0.3, 0.4) is 0 Å². The van der Waals surface area contributed by atoms with E-state index in [9.17, 15) is 22.4 Å². The van der Waals surface area contributed by atoms with Gasteiger partial charge in [-0.3, -0.25) is 0 Å². The van der Waals surface area contributed by atoms with Crippen LogP contribution >= 0.6 is 0 Å². The highest BCUT2D eigenvalue weighted by molar-refractivity contribution is 5.95. The summed E-state index contributed by atoms with van der Waals surface area (Å²) in [6.07, 6.45) is -4.46. The lowest BCUT2D eigenvalue weighted by molar-refractivity contribution is -0.115. The number of halogens is 4. The van der Waals surface area contributed by atoms with Crippen molar-refractivity contribution in [3.63, 3.8) is 0 Å².